The highest BCUT2D eigenvalue weighted by Crippen LogP contribution is 2.34. The first-order valence-corrected chi connectivity index (χ1v) is 5.82. The smallest absolute Gasteiger partial charge is 0.300 e. The third-order valence-electron chi connectivity index (χ3n) is 2.42. The summed E-state index contributed by atoms with van der Waals surface area (Å²) in [6.07, 6.45) is -4.16. The monoisotopic (exact) mass is 258 g/mol. The summed E-state index contributed by atoms with van der Waals surface area (Å²) in [5.74, 6) is -0.0536. The maximum absolute atomic E-state index is 12.6. The van der Waals surface area contributed by atoms with Gasteiger partial charge in [0.15, 0.2) is 0 Å². The third kappa shape index (κ3) is 2.49. The second-order valence-electron chi connectivity index (χ2n) is 3.85. The summed E-state index contributed by atoms with van der Waals surface area (Å²) in [4.78, 5) is 11.0. The van der Waals surface area contributed by atoms with E-state index in [1.807, 2.05) is 0 Å². The SMILES string of the molecule is CC(=O)Cc1csc2ccc(C(F)(F)F)cc12. The van der Waals surface area contributed by atoms with Crippen molar-refractivity contribution in [3.8, 4) is 0 Å². The fourth-order valence-corrected chi connectivity index (χ4v) is 2.61. The fraction of sp³-hybridized carbons (Fsp3) is 0.250. The van der Waals surface area contributed by atoms with Crippen LogP contribution in [0.25, 0.3) is 10.1 Å². The van der Waals surface area contributed by atoms with E-state index in [-0.39, 0.29) is 12.2 Å². The van der Waals surface area contributed by atoms with Crippen molar-refractivity contribution in [1.82, 2.24) is 0 Å². The topological polar surface area (TPSA) is 17.1 Å². The molecule has 1 aromatic heterocycles. The molecule has 0 unspecified atom stereocenters. The number of benzene rings is 1. The number of rotatable bonds is 2. The predicted molar refractivity (Wildman–Crippen MR) is 61.2 cm³/mol. The van der Waals surface area contributed by atoms with Gasteiger partial charge in [0.05, 0.1) is 5.56 Å². The van der Waals surface area contributed by atoms with Crippen molar-refractivity contribution in [3.63, 3.8) is 0 Å². The number of Topliss-reactive ketones (excluding diaryl/α,β-unsaturated/α-hetero) is 1. The number of fused-ring (bicyclic) bond motifs is 1. The zero-order valence-corrected chi connectivity index (χ0v) is 9.78. The molecule has 2 rings (SSSR count). The lowest BCUT2D eigenvalue weighted by Gasteiger charge is -2.06. The Bertz CT molecular complexity index is 569. The molecule has 0 aliphatic rings. The number of thiophene rings is 1. The normalized spacial score (nSPS) is 12.0. The van der Waals surface area contributed by atoms with Crippen LogP contribution >= 0.6 is 11.3 Å². The largest absolute Gasteiger partial charge is 0.416 e. The van der Waals surface area contributed by atoms with Crippen molar-refractivity contribution in [2.24, 2.45) is 0 Å². The predicted octanol–water partition coefficient (Wildman–Crippen LogP) is 4.05. The van der Waals surface area contributed by atoms with Gasteiger partial charge in [0, 0.05) is 11.1 Å². The molecule has 1 aromatic carbocycles. The Morgan fingerprint density at radius 1 is 1.35 bits per heavy atom. The Labute approximate surface area is 99.9 Å². The highest BCUT2D eigenvalue weighted by molar-refractivity contribution is 7.17. The second kappa shape index (κ2) is 4.14. The maximum atomic E-state index is 12.6. The van der Waals surface area contributed by atoms with Crippen LogP contribution in [0.5, 0.6) is 0 Å². The molecule has 0 spiro atoms. The standard InChI is InChI=1S/C12H9F3OS/c1-7(16)4-8-6-17-11-3-2-9(5-10(8)11)12(13,14)15/h2-3,5-6H,4H2,1H3. The maximum Gasteiger partial charge on any atom is 0.416 e. The molecule has 5 heteroatoms. The van der Waals surface area contributed by atoms with Crippen LogP contribution in [-0.2, 0) is 17.4 Å². The highest BCUT2D eigenvalue weighted by atomic mass is 32.1. The van der Waals surface area contributed by atoms with Crippen LogP contribution in [0.1, 0.15) is 18.1 Å². The molecular weight excluding hydrogens is 249 g/mol. The van der Waals surface area contributed by atoms with Gasteiger partial charge in [-0.25, -0.2) is 0 Å². The van der Waals surface area contributed by atoms with Crippen molar-refractivity contribution in [3.05, 3.63) is 34.7 Å². The van der Waals surface area contributed by atoms with Crippen molar-refractivity contribution in [2.45, 2.75) is 19.5 Å². The van der Waals surface area contributed by atoms with Crippen LogP contribution < -0.4 is 0 Å². The summed E-state index contributed by atoms with van der Waals surface area (Å²) >= 11 is 1.36. The summed E-state index contributed by atoms with van der Waals surface area (Å²) < 4.78 is 38.4. The van der Waals surface area contributed by atoms with Crippen molar-refractivity contribution in [1.29, 1.82) is 0 Å². The van der Waals surface area contributed by atoms with Gasteiger partial charge in [0.25, 0.3) is 0 Å². The van der Waals surface area contributed by atoms with Gasteiger partial charge in [-0.1, -0.05) is 0 Å². The molecule has 0 N–H and O–H groups in total. The fourth-order valence-electron chi connectivity index (χ4n) is 1.66. The van der Waals surface area contributed by atoms with Gasteiger partial charge in [-0.2, -0.15) is 13.2 Å². The van der Waals surface area contributed by atoms with Crippen LogP contribution in [0.3, 0.4) is 0 Å². The molecule has 0 aliphatic heterocycles. The lowest BCUT2D eigenvalue weighted by Crippen LogP contribution is -2.04. The Kier molecular flexibility index (Phi) is 2.95. The van der Waals surface area contributed by atoms with Gasteiger partial charge in [0.2, 0.25) is 0 Å². The van der Waals surface area contributed by atoms with Crippen LogP contribution in [0.2, 0.25) is 0 Å². The van der Waals surface area contributed by atoms with E-state index in [4.69, 9.17) is 0 Å². The number of carbonyl (C=O) groups excluding carboxylic acids is 1. The Morgan fingerprint density at radius 3 is 2.65 bits per heavy atom. The highest BCUT2D eigenvalue weighted by Gasteiger charge is 2.30. The Balaban J connectivity index is 2.54. The number of ketones is 1. The zero-order chi connectivity index (χ0) is 12.6. The molecule has 0 fully saturated rings. The Morgan fingerprint density at radius 2 is 2.06 bits per heavy atom. The number of hydrogen-bond acceptors (Lipinski definition) is 2. The van der Waals surface area contributed by atoms with Crippen LogP contribution in [0.4, 0.5) is 13.2 Å². The van der Waals surface area contributed by atoms with Gasteiger partial charge in [0.1, 0.15) is 5.78 Å². The molecule has 0 bridgehead atoms. The second-order valence-corrected chi connectivity index (χ2v) is 4.76. The van der Waals surface area contributed by atoms with E-state index < -0.39 is 11.7 Å². The first-order valence-electron chi connectivity index (χ1n) is 4.94. The average molecular weight is 258 g/mol. The van der Waals surface area contributed by atoms with E-state index >= 15 is 0 Å². The third-order valence-corrected chi connectivity index (χ3v) is 3.43. The van der Waals surface area contributed by atoms with Crippen LogP contribution in [0, 0.1) is 0 Å². The molecule has 1 heterocycles. The van der Waals surface area contributed by atoms with Gasteiger partial charge in [-0.05, 0) is 41.5 Å². The summed E-state index contributed by atoms with van der Waals surface area (Å²) in [5, 5.41) is 2.27. The number of hydrogen-bond donors (Lipinski definition) is 0. The van der Waals surface area contributed by atoms with E-state index in [9.17, 15) is 18.0 Å². The van der Waals surface area contributed by atoms with E-state index in [0.29, 0.717) is 10.9 Å². The molecule has 0 saturated heterocycles. The summed E-state index contributed by atoms with van der Waals surface area (Å²) in [6.45, 7) is 1.43. The number of alkyl halides is 3. The first-order chi connectivity index (χ1) is 7.88. The molecule has 2 aromatic rings. The van der Waals surface area contributed by atoms with E-state index in [2.05, 4.69) is 0 Å². The van der Waals surface area contributed by atoms with Gasteiger partial charge < -0.3 is 0 Å². The minimum Gasteiger partial charge on any atom is -0.300 e. The van der Waals surface area contributed by atoms with E-state index in [0.717, 1.165) is 16.8 Å². The van der Waals surface area contributed by atoms with E-state index in [1.165, 1.54) is 24.3 Å². The average Bonchev–Trinajstić information content (AvgIpc) is 2.59. The molecular formula is C12H9F3OS. The first kappa shape index (κ1) is 12.1. The molecule has 0 aliphatic carbocycles. The zero-order valence-electron chi connectivity index (χ0n) is 8.97. The number of carbonyl (C=O) groups is 1. The molecule has 0 atom stereocenters. The van der Waals surface area contributed by atoms with E-state index in [1.54, 1.807) is 5.38 Å². The lowest BCUT2D eigenvalue weighted by atomic mass is 10.1. The molecule has 0 radical (unpaired) electrons. The Hall–Kier alpha value is -1.36. The molecule has 17 heavy (non-hydrogen) atoms. The lowest BCUT2D eigenvalue weighted by molar-refractivity contribution is -0.137. The minimum atomic E-state index is -4.34. The summed E-state index contributed by atoms with van der Waals surface area (Å²) in [6, 6.07) is 3.63. The van der Waals surface area contributed by atoms with Crippen LogP contribution in [0.15, 0.2) is 23.6 Å². The summed E-state index contributed by atoms with van der Waals surface area (Å²) in [7, 11) is 0. The van der Waals surface area contributed by atoms with Crippen molar-refractivity contribution in [2.75, 3.05) is 0 Å². The summed E-state index contributed by atoms with van der Waals surface area (Å²) in [5.41, 5.74) is -0.00296. The van der Waals surface area contributed by atoms with Gasteiger partial charge in [-0.3, -0.25) is 4.79 Å². The van der Waals surface area contributed by atoms with Crippen molar-refractivity contribution < 1.29 is 18.0 Å². The molecule has 1 nitrogen and oxygen atoms in total. The van der Waals surface area contributed by atoms with Crippen LogP contribution in [-0.4, -0.2) is 5.78 Å². The molecule has 90 valence electrons. The molecule has 0 amide bonds. The quantitative estimate of drug-likeness (QED) is 0.794. The van der Waals surface area contributed by atoms with Gasteiger partial charge in [-0.15, -0.1) is 11.3 Å². The number of halogens is 3. The molecule has 0 saturated carbocycles. The van der Waals surface area contributed by atoms with Gasteiger partial charge >= 0.3 is 6.18 Å². The minimum absolute atomic E-state index is 0.0536. The van der Waals surface area contributed by atoms with Crippen molar-refractivity contribution >= 4 is 27.2 Å².